The number of aryl methyl sites for hydroxylation is 1. The summed E-state index contributed by atoms with van der Waals surface area (Å²) in [6.07, 6.45) is 5.66. The van der Waals surface area contributed by atoms with Crippen LogP contribution >= 0.6 is 11.3 Å². The molecule has 1 aliphatic heterocycles. The van der Waals surface area contributed by atoms with Crippen LogP contribution in [0.15, 0.2) is 42.9 Å². The molecule has 0 bridgehead atoms. The number of hydrogen-bond donors (Lipinski definition) is 0. The third-order valence-electron chi connectivity index (χ3n) is 4.73. The number of carbonyl (C=O) groups is 1. The Hall–Kier alpha value is -2.67. The van der Waals surface area contributed by atoms with Crippen molar-refractivity contribution in [2.45, 2.75) is 13.5 Å². The van der Waals surface area contributed by atoms with Gasteiger partial charge in [-0.25, -0.2) is 14.8 Å². The molecule has 0 N–H and O–H groups in total. The van der Waals surface area contributed by atoms with E-state index < -0.39 is 0 Å². The molecule has 0 spiro atoms. The van der Waals surface area contributed by atoms with Crippen molar-refractivity contribution in [1.29, 1.82) is 0 Å². The van der Waals surface area contributed by atoms with Crippen molar-refractivity contribution in [2.75, 3.05) is 26.7 Å². The molecule has 2 amide bonds. The highest BCUT2D eigenvalue weighted by molar-refractivity contribution is 7.18. The molecule has 3 heterocycles. The summed E-state index contributed by atoms with van der Waals surface area (Å²) in [5.74, 6) is 0.905. The number of hydrogen-bond acceptors (Lipinski definition) is 4. The largest absolute Gasteiger partial charge is 0.328 e. The number of benzene rings is 1. The molecular formula is C19H21N5OS. The van der Waals surface area contributed by atoms with Crippen LogP contribution in [0.4, 0.5) is 4.79 Å². The van der Waals surface area contributed by atoms with Gasteiger partial charge < -0.3 is 14.4 Å². The topological polar surface area (TPSA) is 54.3 Å². The molecular weight excluding hydrogens is 346 g/mol. The van der Waals surface area contributed by atoms with E-state index in [1.54, 1.807) is 22.4 Å². The average Bonchev–Trinajstić information content (AvgIpc) is 3.36. The van der Waals surface area contributed by atoms with E-state index in [-0.39, 0.29) is 6.03 Å². The molecule has 2 aromatic heterocycles. The van der Waals surface area contributed by atoms with Crippen molar-refractivity contribution in [3.05, 3.63) is 48.4 Å². The molecule has 134 valence electrons. The zero-order chi connectivity index (χ0) is 18.1. The fourth-order valence-corrected chi connectivity index (χ4v) is 4.19. The summed E-state index contributed by atoms with van der Waals surface area (Å²) in [6, 6.07) is 8.37. The molecule has 26 heavy (non-hydrogen) atoms. The van der Waals surface area contributed by atoms with Gasteiger partial charge >= 0.3 is 6.03 Å². The van der Waals surface area contributed by atoms with E-state index >= 15 is 0 Å². The molecule has 4 rings (SSSR count). The summed E-state index contributed by atoms with van der Waals surface area (Å²) in [6.45, 7) is 5.10. The molecule has 6 nitrogen and oxygen atoms in total. The first-order valence-electron chi connectivity index (χ1n) is 8.67. The van der Waals surface area contributed by atoms with Gasteiger partial charge in [-0.1, -0.05) is 24.3 Å². The Morgan fingerprint density at radius 1 is 1.15 bits per heavy atom. The van der Waals surface area contributed by atoms with Crippen molar-refractivity contribution in [1.82, 2.24) is 24.3 Å². The third-order valence-corrected chi connectivity index (χ3v) is 5.76. The average molecular weight is 367 g/mol. The van der Waals surface area contributed by atoms with E-state index in [1.807, 2.05) is 36.5 Å². The summed E-state index contributed by atoms with van der Waals surface area (Å²) < 4.78 is 2.10. The first kappa shape index (κ1) is 16.8. The second kappa shape index (κ2) is 6.92. The van der Waals surface area contributed by atoms with E-state index in [9.17, 15) is 4.79 Å². The zero-order valence-electron chi connectivity index (χ0n) is 14.9. The normalized spacial score (nSPS) is 14.5. The smallest absolute Gasteiger partial charge is 0.319 e. The van der Waals surface area contributed by atoms with Crippen molar-refractivity contribution in [3.63, 3.8) is 0 Å². The minimum atomic E-state index is 0.103. The summed E-state index contributed by atoms with van der Waals surface area (Å²) in [5.41, 5.74) is 2.38. The fourth-order valence-electron chi connectivity index (χ4n) is 3.17. The highest BCUT2D eigenvalue weighted by Gasteiger charge is 2.25. The van der Waals surface area contributed by atoms with Gasteiger partial charge in [0.2, 0.25) is 0 Å². The Morgan fingerprint density at radius 2 is 2.00 bits per heavy atom. The molecule has 1 fully saturated rings. The molecule has 0 atom stereocenters. The Morgan fingerprint density at radius 3 is 2.77 bits per heavy atom. The second-order valence-corrected chi connectivity index (χ2v) is 7.51. The Balaban J connectivity index is 1.52. The lowest BCUT2D eigenvalue weighted by Gasteiger charge is -2.16. The van der Waals surface area contributed by atoms with Crippen LogP contribution in [0.5, 0.6) is 0 Å². The first-order valence-corrected chi connectivity index (χ1v) is 9.48. The highest BCUT2D eigenvalue weighted by atomic mass is 32.1. The van der Waals surface area contributed by atoms with Crippen LogP contribution < -0.4 is 0 Å². The third kappa shape index (κ3) is 3.10. The Bertz CT molecular complexity index is 931. The maximum absolute atomic E-state index is 12.0. The fraction of sp³-hybridized carbons (Fsp3) is 0.316. The maximum Gasteiger partial charge on any atom is 0.319 e. The van der Waals surface area contributed by atoms with Crippen LogP contribution in [0.25, 0.3) is 21.3 Å². The predicted molar refractivity (Wildman–Crippen MR) is 103 cm³/mol. The minimum Gasteiger partial charge on any atom is -0.328 e. The number of thiazole rings is 1. The number of amides is 2. The number of nitrogens with zero attached hydrogens (tertiary/aromatic N) is 5. The highest BCUT2D eigenvalue weighted by Crippen LogP contribution is 2.32. The minimum absolute atomic E-state index is 0.103. The first-order chi connectivity index (χ1) is 12.6. The lowest BCUT2D eigenvalue weighted by Crippen LogP contribution is -2.32. The molecule has 1 aromatic carbocycles. The standard InChI is InChI=1S/C19H21N5OS/c1-14-5-3-4-6-15(14)18-21-13-16(26-18)17-20-7-8-23(17)11-12-24-10-9-22(2)19(24)25/h3-8,13H,9-12H2,1-2H3. The van der Waals surface area contributed by atoms with Crippen molar-refractivity contribution < 1.29 is 4.79 Å². The van der Waals surface area contributed by atoms with Crippen molar-refractivity contribution in [2.24, 2.45) is 0 Å². The number of imidazole rings is 1. The number of likely N-dealkylation sites (N-methyl/N-ethyl adjacent to an activating group) is 1. The number of rotatable bonds is 5. The van der Waals surface area contributed by atoms with E-state index in [0.717, 1.165) is 40.9 Å². The van der Waals surface area contributed by atoms with Gasteiger partial charge in [0, 0.05) is 57.4 Å². The predicted octanol–water partition coefficient (Wildman–Crippen LogP) is 3.35. The van der Waals surface area contributed by atoms with Crippen LogP contribution in [0.2, 0.25) is 0 Å². The van der Waals surface area contributed by atoms with E-state index in [0.29, 0.717) is 6.54 Å². The number of aromatic nitrogens is 3. The molecule has 0 saturated carbocycles. The Labute approximate surface area is 156 Å². The van der Waals surface area contributed by atoms with Crippen LogP contribution in [-0.4, -0.2) is 57.0 Å². The molecule has 1 aliphatic rings. The molecule has 0 radical (unpaired) electrons. The van der Waals surface area contributed by atoms with E-state index in [2.05, 4.69) is 33.6 Å². The van der Waals surface area contributed by atoms with Gasteiger partial charge in [-0.05, 0) is 12.5 Å². The molecule has 0 unspecified atom stereocenters. The number of urea groups is 1. The van der Waals surface area contributed by atoms with Gasteiger partial charge in [0.05, 0.1) is 4.88 Å². The van der Waals surface area contributed by atoms with E-state index in [1.165, 1.54) is 5.56 Å². The van der Waals surface area contributed by atoms with Gasteiger partial charge in [-0.2, -0.15) is 0 Å². The van der Waals surface area contributed by atoms with Crippen molar-refractivity contribution in [3.8, 4) is 21.3 Å². The Kier molecular flexibility index (Phi) is 4.46. The van der Waals surface area contributed by atoms with Gasteiger partial charge in [0.1, 0.15) is 5.01 Å². The molecule has 0 aliphatic carbocycles. The van der Waals surface area contributed by atoms with E-state index in [4.69, 9.17) is 0 Å². The quantitative estimate of drug-likeness (QED) is 0.695. The number of carbonyl (C=O) groups excluding carboxylic acids is 1. The second-order valence-electron chi connectivity index (χ2n) is 6.48. The van der Waals surface area contributed by atoms with Gasteiger partial charge in [-0.3, -0.25) is 0 Å². The lowest BCUT2D eigenvalue weighted by molar-refractivity contribution is 0.197. The zero-order valence-corrected chi connectivity index (χ0v) is 15.7. The van der Waals surface area contributed by atoms with Crippen LogP contribution in [0.3, 0.4) is 0 Å². The van der Waals surface area contributed by atoms with Gasteiger partial charge in [0.25, 0.3) is 0 Å². The van der Waals surface area contributed by atoms with Crippen LogP contribution in [-0.2, 0) is 6.54 Å². The maximum atomic E-state index is 12.0. The summed E-state index contributed by atoms with van der Waals surface area (Å²) in [4.78, 5) is 25.8. The molecule has 3 aromatic rings. The monoisotopic (exact) mass is 367 g/mol. The summed E-state index contributed by atoms with van der Waals surface area (Å²) in [7, 11) is 1.84. The van der Waals surface area contributed by atoms with Crippen molar-refractivity contribution >= 4 is 17.4 Å². The lowest BCUT2D eigenvalue weighted by atomic mass is 10.1. The summed E-state index contributed by atoms with van der Waals surface area (Å²) >= 11 is 1.65. The molecule has 7 heteroatoms. The summed E-state index contributed by atoms with van der Waals surface area (Å²) in [5, 5.41) is 1.00. The van der Waals surface area contributed by atoms with Gasteiger partial charge in [-0.15, -0.1) is 11.3 Å². The van der Waals surface area contributed by atoms with Crippen LogP contribution in [0, 0.1) is 6.92 Å². The molecule has 1 saturated heterocycles. The van der Waals surface area contributed by atoms with Crippen LogP contribution in [0.1, 0.15) is 5.56 Å². The van der Waals surface area contributed by atoms with Gasteiger partial charge in [0.15, 0.2) is 5.82 Å². The SMILES string of the molecule is Cc1ccccc1-c1ncc(-c2nccn2CCN2CCN(C)C2=O)s1.